The molecule has 0 aliphatic heterocycles. The first-order valence-corrected chi connectivity index (χ1v) is 8.54. The number of aliphatic hydroxyl groups is 1. The minimum absolute atomic E-state index is 0.0463. The Hall–Kier alpha value is -2.53. The molecular formula is C20H26N2O3. The summed E-state index contributed by atoms with van der Waals surface area (Å²) in [6.45, 7) is 4.44. The summed E-state index contributed by atoms with van der Waals surface area (Å²) in [6.07, 6.45) is 0.532. The van der Waals surface area contributed by atoms with Gasteiger partial charge in [0.25, 0.3) is 0 Å². The Balaban J connectivity index is 1.98. The van der Waals surface area contributed by atoms with E-state index < -0.39 is 0 Å². The first kappa shape index (κ1) is 18.8. The standard InChI is InChI=1S/C20H26N2O3/c1-15(2)18(12-13-23)21-20(24)22-19-11-7-6-8-16(19)14-25-17-9-4-3-5-10-17/h3-11,15,18,23H,12-14H2,1-2H3,(H2,21,22,24). The topological polar surface area (TPSA) is 70.6 Å². The van der Waals surface area contributed by atoms with Crippen molar-refractivity contribution < 1.29 is 14.6 Å². The van der Waals surface area contributed by atoms with Gasteiger partial charge in [-0.1, -0.05) is 50.2 Å². The van der Waals surface area contributed by atoms with Crippen LogP contribution in [-0.4, -0.2) is 23.8 Å². The molecule has 0 saturated heterocycles. The number of benzene rings is 2. The van der Waals surface area contributed by atoms with Crippen LogP contribution in [0.15, 0.2) is 54.6 Å². The SMILES string of the molecule is CC(C)C(CCO)NC(=O)Nc1ccccc1COc1ccccc1. The molecule has 0 radical (unpaired) electrons. The molecular weight excluding hydrogens is 316 g/mol. The van der Waals surface area contributed by atoms with Gasteiger partial charge in [0.15, 0.2) is 0 Å². The van der Waals surface area contributed by atoms with Crippen molar-refractivity contribution in [1.29, 1.82) is 0 Å². The summed E-state index contributed by atoms with van der Waals surface area (Å²) in [7, 11) is 0. The number of rotatable bonds is 8. The highest BCUT2D eigenvalue weighted by molar-refractivity contribution is 5.90. The summed E-state index contributed by atoms with van der Waals surface area (Å²) in [5.74, 6) is 1.03. The molecule has 3 N–H and O–H groups in total. The van der Waals surface area contributed by atoms with Crippen molar-refractivity contribution in [2.45, 2.75) is 32.9 Å². The largest absolute Gasteiger partial charge is 0.489 e. The lowest BCUT2D eigenvalue weighted by atomic mass is 10.0. The average Bonchev–Trinajstić information content (AvgIpc) is 2.61. The van der Waals surface area contributed by atoms with E-state index in [2.05, 4.69) is 10.6 Å². The fourth-order valence-electron chi connectivity index (χ4n) is 2.48. The van der Waals surface area contributed by atoms with Gasteiger partial charge in [-0.25, -0.2) is 4.79 Å². The summed E-state index contributed by atoms with van der Waals surface area (Å²) in [6, 6.07) is 16.8. The molecule has 1 unspecified atom stereocenters. The number of anilines is 1. The fourth-order valence-corrected chi connectivity index (χ4v) is 2.48. The molecule has 0 aromatic heterocycles. The van der Waals surface area contributed by atoms with Crippen LogP contribution in [0.1, 0.15) is 25.8 Å². The van der Waals surface area contributed by atoms with E-state index in [-0.39, 0.29) is 24.6 Å². The van der Waals surface area contributed by atoms with Crippen LogP contribution in [-0.2, 0) is 6.61 Å². The van der Waals surface area contributed by atoms with E-state index in [4.69, 9.17) is 9.84 Å². The second kappa shape index (κ2) is 9.69. The van der Waals surface area contributed by atoms with Gasteiger partial charge in [-0.3, -0.25) is 0 Å². The molecule has 2 rings (SSSR count). The molecule has 1 atom stereocenters. The minimum atomic E-state index is -0.278. The second-order valence-electron chi connectivity index (χ2n) is 6.22. The normalized spacial score (nSPS) is 11.8. The van der Waals surface area contributed by atoms with E-state index in [0.717, 1.165) is 11.3 Å². The maximum atomic E-state index is 12.3. The third-order valence-corrected chi connectivity index (χ3v) is 3.96. The van der Waals surface area contributed by atoms with Crippen molar-refractivity contribution in [1.82, 2.24) is 5.32 Å². The van der Waals surface area contributed by atoms with Crippen LogP contribution >= 0.6 is 0 Å². The minimum Gasteiger partial charge on any atom is -0.489 e. The molecule has 25 heavy (non-hydrogen) atoms. The van der Waals surface area contributed by atoms with Crippen LogP contribution in [0.2, 0.25) is 0 Å². The van der Waals surface area contributed by atoms with Crippen molar-refractivity contribution in [3.05, 3.63) is 60.2 Å². The van der Waals surface area contributed by atoms with E-state index >= 15 is 0 Å². The second-order valence-corrected chi connectivity index (χ2v) is 6.22. The third-order valence-electron chi connectivity index (χ3n) is 3.96. The molecule has 134 valence electrons. The van der Waals surface area contributed by atoms with E-state index in [9.17, 15) is 4.79 Å². The van der Waals surface area contributed by atoms with Crippen LogP contribution < -0.4 is 15.4 Å². The van der Waals surface area contributed by atoms with Crippen LogP contribution in [0, 0.1) is 5.92 Å². The maximum absolute atomic E-state index is 12.3. The number of amides is 2. The summed E-state index contributed by atoms with van der Waals surface area (Å²) in [5.41, 5.74) is 1.60. The highest BCUT2D eigenvalue weighted by atomic mass is 16.5. The van der Waals surface area contributed by atoms with Gasteiger partial charge in [0, 0.05) is 23.9 Å². The highest BCUT2D eigenvalue weighted by Crippen LogP contribution is 2.18. The van der Waals surface area contributed by atoms with Crippen molar-refractivity contribution in [2.75, 3.05) is 11.9 Å². The lowest BCUT2D eigenvalue weighted by molar-refractivity contribution is 0.227. The number of aliphatic hydroxyl groups excluding tert-OH is 1. The molecule has 5 heteroatoms. The molecule has 0 heterocycles. The predicted octanol–water partition coefficient (Wildman–Crippen LogP) is 3.79. The van der Waals surface area contributed by atoms with Crippen molar-refractivity contribution in [3.63, 3.8) is 0 Å². The molecule has 5 nitrogen and oxygen atoms in total. The van der Waals surface area contributed by atoms with E-state index in [1.165, 1.54) is 0 Å². The van der Waals surface area contributed by atoms with Crippen LogP contribution in [0.4, 0.5) is 10.5 Å². The molecule has 0 saturated carbocycles. The summed E-state index contributed by atoms with van der Waals surface area (Å²) in [4.78, 5) is 12.3. The van der Waals surface area contributed by atoms with Gasteiger partial charge >= 0.3 is 6.03 Å². The molecule has 0 spiro atoms. The van der Waals surface area contributed by atoms with Gasteiger partial charge in [-0.05, 0) is 30.5 Å². The number of hydrogen-bond acceptors (Lipinski definition) is 3. The zero-order valence-corrected chi connectivity index (χ0v) is 14.7. The van der Waals surface area contributed by atoms with E-state index in [0.29, 0.717) is 18.7 Å². The smallest absolute Gasteiger partial charge is 0.319 e. The summed E-state index contributed by atoms with van der Waals surface area (Å²) >= 11 is 0. The zero-order valence-electron chi connectivity index (χ0n) is 14.7. The highest BCUT2D eigenvalue weighted by Gasteiger charge is 2.16. The van der Waals surface area contributed by atoms with Crippen molar-refractivity contribution in [2.24, 2.45) is 5.92 Å². The van der Waals surface area contributed by atoms with Gasteiger partial charge in [0.2, 0.25) is 0 Å². The zero-order chi connectivity index (χ0) is 18.1. The molecule has 0 aliphatic carbocycles. The fraction of sp³-hybridized carbons (Fsp3) is 0.350. The number of urea groups is 1. The number of carbonyl (C=O) groups is 1. The van der Waals surface area contributed by atoms with Crippen LogP contribution in [0.25, 0.3) is 0 Å². The number of nitrogens with one attached hydrogen (secondary N) is 2. The molecule has 0 fully saturated rings. The first-order valence-electron chi connectivity index (χ1n) is 8.54. The Labute approximate surface area is 149 Å². The molecule has 2 aromatic carbocycles. The molecule has 2 aromatic rings. The number of hydrogen-bond donors (Lipinski definition) is 3. The van der Waals surface area contributed by atoms with Gasteiger partial charge in [0.05, 0.1) is 0 Å². The maximum Gasteiger partial charge on any atom is 0.319 e. The third kappa shape index (κ3) is 6.12. The Morgan fingerprint density at radius 2 is 1.76 bits per heavy atom. The Morgan fingerprint density at radius 1 is 1.08 bits per heavy atom. The summed E-state index contributed by atoms with van der Waals surface area (Å²) in [5, 5.41) is 14.9. The monoisotopic (exact) mass is 342 g/mol. The first-order chi connectivity index (χ1) is 12.1. The molecule has 0 bridgehead atoms. The molecule has 0 aliphatic rings. The lowest BCUT2D eigenvalue weighted by Gasteiger charge is -2.22. The Kier molecular flexibility index (Phi) is 7.29. The predicted molar refractivity (Wildman–Crippen MR) is 99.7 cm³/mol. The van der Waals surface area contributed by atoms with E-state index in [1.54, 1.807) is 0 Å². The van der Waals surface area contributed by atoms with Crippen molar-refractivity contribution in [3.8, 4) is 5.75 Å². The Bertz CT molecular complexity index is 659. The van der Waals surface area contributed by atoms with Gasteiger partial charge in [-0.2, -0.15) is 0 Å². The number of para-hydroxylation sites is 2. The van der Waals surface area contributed by atoms with Crippen LogP contribution in [0.5, 0.6) is 5.75 Å². The number of ether oxygens (including phenoxy) is 1. The lowest BCUT2D eigenvalue weighted by Crippen LogP contribution is -2.41. The van der Waals surface area contributed by atoms with Crippen LogP contribution in [0.3, 0.4) is 0 Å². The van der Waals surface area contributed by atoms with Crippen molar-refractivity contribution >= 4 is 11.7 Å². The van der Waals surface area contributed by atoms with Gasteiger partial charge < -0.3 is 20.5 Å². The summed E-state index contributed by atoms with van der Waals surface area (Å²) < 4.78 is 5.77. The average molecular weight is 342 g/mol. The quantitative estimate of drug-likeness (QED) is 0.683. The Morgan fingerprint density at radius 3 is 2.44 bits per heavy atom. The van der Waals surface area contributed by atoms with Gasteiger partial charge in [-0.15, -0.1) is 0 Å². The van der Waals surface area contributed by atoms with Gasteiger partial charge in [0.1, 0.15) is 12.4 Å². The van der Waals surface area contributed by atoms with E-state index in [1.807, 2.05) is 68.4 Å². The number of carbonyl (C=O) groups excluding carboxylic acids is 1. The molecule has 2 amide bonds.